The van der Waals surface area contributed by atoms with Crippen LogP contribution < -0.4 is 5.32 Å². The van der Waals surface area contributed by atoms with Crippen molar-refractivity contribution in [2.45, 2.75) is 12.8 Å². The number of nitrogens with zero attached hydrogens (tertiary/aromatic N) is 2. The molecular weight excluding hydrogens is 500 g/mol. The van der Waals surface area contributed by atoms with Crippen molar-refractivity contribution >= 4 is 55.5 Å². The van der Waals surface area contributed by atoms with Crippen LogP contribution in [0.15, 0.2) is 46.9 Å². The van der Waals surface area contributed by atoms with Gasteiger partial charge in [-0.2, -0.15) is 0 Å². The second-order valence-corrected chi connectivity index (χ2v) is 10.4. The van der Waals surface area contributed by atoms with Crippen LogP contribution in [-0.4, -0.2) is 67.0 Å². The number of halogens is 2. The maximum Gasteiger partial charge on any atom is 0.252 e. The number of fused-ring (bicyclic) bond motifs is 2. The van der Waals surface area contributed by atoms with Crippen LogP contribution in [0.25, 0.3) is 22.0 Å². The third-order valence-corrected chi connectivity index (χ3v) is 7.39. The number of amides is 1. The van der Waals surface area contributed by atoms with Gasteiger partial charge in [0.2, 0.25) is 0 Å². The first-order valence-corrected chi connectivity index (χ1v) is 12.6. The molecule has 2 aliphatic rings. The van der Waals surface area contributed by atoms with Crippen LogP contribution >= 0.6 is 27.5 Å². The molecule has 1 saturated heterocycles. The van der Waals surface area contributed by atoms with E-state index in [9.17, 15) is 4.79 Å². The van der Waals surface area contributed by atoms with Crippen molar-refractivity contribution in [2.75, 3.05) is 46.3 Å². The lowest BCUT2D eigenvalue weighted by molar-refractivity contribution is -0.115. The number of rotatable bonds is 5. The number of aromatic nitrogens is 1. The zero-order valence-corrected chi connectivity index (χ0v) is 21.1. The van der Waals surface area contributed by atoms with Gasteiger partial charge in [-0.05, 0) is 79.7 Å². The normalized spacial score (nSPS) is 17.4. The molecule has 5 nitrogen and oxygen atoms in total. The highest BCUT2D eigenvalue weighted by Crippen LogP contribution is 2.40. The Kier molecular flexibility index (Phi) is 6.61. The Morgan fingerprint density at radius 1 is 1.12 bits per heavy atom. The van der Waals surface area contributed by atoms with E-state index in [1.807, 2.05) is 30.3 Å². The summed E-state index contributed by atoms with van der Waals surface area (Å²) in [6, 6.07) is 14.1. The second kappa shape index (κ2) is 9.63. The Morgan fingerprint density at radius 3 is 2.88 bits per heavy atom. The molecule has 1 aliphatic carbocycles. The molecule has 33 heavy (non-hydrogen) atoms. The number of allylic oxidation sites excluding steroid dienone is 1. The summed E-state index contributed by atoms with van der Waals surface area (Å²) in [6.45, 7) is 5.88. The number of likely N-dealkylation sites (N-methyl/N-ethyl adjacent to an activating group) is 1. The zero-order valence-electron chi connectivity index (χ0n) is 18.8. The maximum absolute atomic E-state index is 13.5. The Hall–Kier alpha value is -2.12. The van der Waals surface area contributed by atoms with Crippen molar-refractivity contribution in [1.82, 2.24) is 20.1 Å². The first-order valence-electron chi connectivity index (χ1n) is 11.5. The summed E-state index contributed by atoms with van der Waals surface area (Å²) in [6.07, 6.45) is 1.89. The third-order valence-electron chi connectivity index (χ3n) is 6.67. The molecule has 0 atom stereocenters. The Balaban J connectivity index is 1.40. The standard InChI is InChI=1S/C26H28BrClN4O/c1-31-8-2-9-32(12-11-31)10-7-29-26(33)25-21-5-3-19(27)13-17(21)15-22(25)24-16-18-14-20(28)4-6-23(18)30-24/h3-6,13-14,16,30H,2,7-12,15H2,1H3,(H,29,33). The highest BCUT2D eigenvalue weighted by atomic mass is 79.9. The van der Waals surface area contributed by atoms with E-state index in [1.54, 1.807) is 0 Å². The fourth-order valence-corrected chi connectivity index (χ4v) is 5.48. The van der Waals surface area contributed by atoms with Crippen LogP contribution in [0.1, 0.15) is 23.2 Å². The van der Waals surface area contributed by atoms with Gasteiger partial charge in [-0.25, -0.2) is 0 Å². The van der Waals surface area contributed by atoms with E-state index in [0.29, 0.717) is 11.6 Å². The van der Waals surface area contributed by atoms with Gasteiger partial charge in [-0.1, -0.05) is 33.6 Å². The van der Waals surface area contributed by atoms with Crippen molar-refractivity contribution in [3.05, 3.63) is 68.8 Å². The first-order chi connectivity index (χ1) is 16.0. The molecule has 3 aromatic rings. The molecule has 1 aromatic heterocycles. The van der Waals surface area contributed by atoms with Gasteiger partial charge in [0.15, 0.2) is 0 Å². The number of nitrogens with one attached hydrogen (secondary N) is 2. The number of H-pyrrole nitrogens is 1. The van der Waals surface area contributed by atoms with E-state index >= 15 is 0 Å². The molecule has 0 spiro atoms. The lowest BCUT2D eigenvalue weighted by Gasteiger charge is -2.20. The van der Waals surface area contributed by atoms with Crippen molar-refractivity contribution in [3.8, 4) is 0 Å². The predicted octanol–water partition coefficient (Wildman–Crippen LogP) is 4.80. The highest BCUT2D eigenvalue weighted by Gasteiger charge is 2.28. The number of carbonyl (C=O) groups excluding carboxylic acids is 1. The van der Waals surface area contributed by atoms with Crippen LogP contribution in [0.5, 0.6) is 0 Å². The number of hydrogen-bond acceptors (Lipinski definition) is 3. The molecule has 0 saturated carbocycles. The minimum Gasteiger partial charge on any atom is -0.355 e. The monoisotopic (exact) mass is 526 g/mol. The molecule has 7 heteroatoms. The molecule has 1 amide bonds. The van der Waals surface area contributed by atoms with Gasteiger partial charge in [0.05, 0.1) is 5.57 Å². The lowest BCUT2D eigenvalue weighted by Crippen LogP contribution is -2.37. The number of aromatic amines is 1. The van der Waals surface area contributed by atoms with Crippen LogP contribution in [0, 0.1) is 0 Å². The van der Waals surface area contributed by atoms with E-state index in [0.717, 1.165) is 82.5 Å². The van der Waals surface area contributed by atoms with Gasteiger partial charge in [0.25, 0.3) is 5.91 Å². The topological polar surface area (TPSA) is 51.4 Å². The first kappa shape index (κ1) is 22.7. The van der Waals surface area contributed by atoms with Crippen LogP contribution in [0.3, 0.4) is 0 Å². The van der Waals surface area contributed by atoms with Gasteiger partial charge >= 0.3 is 0 Å². The minimum atomic E-state index is -0.00491. The van der Waals surface area contributed by atoms with Crippen LogP contribution in [-0.2, 0) is 11.2 Å². The molecule has 0 radical (unpaired) electrons. The van der Waals surface area contributed by atoms with Gasteiger partial charge in [-0.15, -0.1) is 0 Å². The van der Waals surface area contributed by atoms with E-state index in [-0.39, 0.29) is 5.91 Å². The predicted molar refractivity (Wildman–Crippen MR) is 140 cm³/mol. The molecule has 2 N–H and O–H groups in total. The molecule has 2 heterocycles. The quantitative estimate of drug-likeness (QED) is 0.501. The summed E-state index contributed by atoms with van der Waals surface area (Å²) in [5.74, 6) is -0.00491. The molecule has 172 valence electrons. The third kappa shape index (κ3) is 4.90. The van der Waals surface area contributed by atoms with Crippen molar-refractivity contribution in [3.63, 3.8) is 0 Å². The van der Waals surface area contributed by atoms with Gasteiger partial charge < -0.3 is 20.1 Å². The average molecular weight is 528 g/mol. The number of carbonyl (C=O) groups is 1. The van der Waals surface area contributed by atoms with Crippen LogP contribution in [0.4, 0.5) is 0 Å². The SMILES string of the molecule is CN1CCCN(CCNC(=O)C2=C(c3cc4cc(Cl)ccc4[nH]3)Cc3cc(Br)ccc32)CC1. The zero-order chi connectivity index (χ0) is 22.9. The number of hydrogen-bond donors (Lipinski definition) is 2. The molecule has 1 aliphatic heterocycles. The Bertz CT molecular complexity index is 1230. The highest BCUT2D eigenvalue weighted by molar-refractivity contribution is 9.10. The smallest absolute Gasteiger partial charge is 0.252 e. The fraction of sp³-hybridized carbons (Fsp3) is 0.346. The summed E-state index contributed by atoms with van der Waals surface area (Å²) in [4.78, 5) is 21.8. The summed E-state index contributed by atoms with van der Waals surface area (Å²) in [5.41, 5.74) is 5.97. The minimum absolute atomic E-state index is 0.00491. The van der Waals surface area contributed by atoms with E-state index < -0.39 is 0 Å². The van der Waals surface area contributed by atoms with Gasteiger partial charge in [0.1, 0.15) is 0 Å². The van der Waals surface area contributed by atoms with Crippen molar-refractivity contribution < 1.29 is 4.79 Å². The molecular formula is C26H28BrClN4O. The van der Waals surface area contributed by atoms with Crippen molar-refractivity contribution in [1.29, 1.82) is 0 Å². The molecule has 2 aromatic carbocycles. The average Bonchev–Trinajstić information content (AvgIpc) is 3.30. The summed E-state index contributed by atoms with van der Waals surface area (Å²) < 4.78 is 1.02. The molecule has 0 unspecified atom stereocenters. The van der Waals surface area contributed by atoms with Gasteiger partial charge in [-0.3, -0.25) is 4.79 Å². The Labute approximate surface area is 207 Å². The van der Waals surface area contributed by atoms with Crippen molar-refractivity contribution in [2.24, 2.45) is 0 Å². The van der Waals surface area contributed by atoms with E-state index in [4.69, 9.17) is 11.6 Å². The number of benzene rings is 2. The van der Waals surface area contributed by atoms with Crippen LogP contribution in [0.2, 0.25) is 5.02 Å². The summed E-state index contributed by atoms with van der Waals surface area (Å²) in [7, 11) is 2.17. The van der Waals surface area contributed by atoms with Gasteiger partial charge in [0, 0.05) is 58.7 Å². The largest absolute Gasteiger partial charge is 0.355 e. The Morgan fingerprint density at radius 2 is 2.00 bits per heavy atom. The lowest BCUT2D eigenvalue weighted by atomic mass is 10.0. The van der Waals surface area contributed by atoms with E-state index in [2.05, 4.69) is 55.2 Å². The fourth-order valence-electron chi connectivity index (χ4n) is 4.89. The molecule has 5 rings (SSSR count). The maximum atomic E-state index is 13.5. The summed E-state index contributed by atoms with van der Waals surface area (Å²) in [5, 5.41) is 4.96. The molecule has 1 fully saturated rings. The van der Waals surface area contributed by atoms with E-state index in [1.165, 1.54) is 6.42 Å². The second-order valence-electron chi connectivity index (χ2n) is 9.00. The summed E-state index contributed by atoms with van der Waals surface area (Å²) >= 11 is 9.77. The molecule has 0 bridgehead atoms.